The molecule has 1 fully saturated rings. The van der Waals surface area contributed by atoms with Crippen molar-refractivity contribution < 1.29 is 9.47 Å². The van der Waals surface area contributed by atoms with Crippen molar-refractivity contribution in [3.63, 3.8) is 0 Å². The molecule has 0 radical (unpaired) electrons. The first-order valence-electron chi connectivity index (χ1n) is 9.44. The zero-order valence-corrected chi connectivity index (χ0v) is 16.4. The molecule has 2 aliphatic rings. The molecule has 1 aliphatic heterocycles. The van der Waals surface area contributed by atoms with E-state index in [0.29, 0.717) is 41.9 Å². The summed E-state index contributed by atoms with van der Waals surface area (Å²) in [7, 11) is 1.78. The quantitative estimate of drug-likeness (QED) is 0.805. The number of ether oxygens (including phenoxy) is 2. The zero-order chi connectivity index (χ0) is 18.8. The Bertz CT molecular complexity index is 811. The molecule has 2 aromatic rings. The minimum Gasteiger partial charge on any atom is -0.475 e. The molecule has 9 heteroatoms. The predicted octanol–water partition coefficient (Wildman–Crippen LogP) is 3.70. The van der Waals surface area contributed by atoms with Gasteiger partial charge in [-0.1, -0.05) is 11.6 Å². The summed E-state index contributed by atoms with van der Waals surface area (Å²) in [4.78, 5) is 8.78. The van der Waals surface area contributed by atoms with Crippen LogP contribution in [0.1, 0.15) is 43.8 Å². The van der Waals surface area contributed by atoms with Crippen LogP contribution in [-0.4, -0.2) is 46.1 Å². The molecule has 4 rings (SSSR count). The van der Waals surface area contributed by atoms with Crippen molar-refractivity contribution in [3.8, 4) is 5.88 Å². The second kappa shape index (κ2) is 7.90. The summed E-state index contributed by atoms with van der Waals surface area (Å²) in [6.07, 6.45) is 6.99. The summed E-state index contributed by atoms with van der Waals surface area (Å²) >= 11 is 6.18. The van der Waals surface area contributed by atoms with E-state index in [4.69, 9.17) is 26.2 Å². The average molecular weight is 393 g/mol. The van der Waals surface area contributed by atoms with Crippen LogP contribution in [0, 0.1) is 6.92 Å². The molecular formula is C18H25ClN6O2. The van der Waals surface area contributed by atoms with Crippen molar-refractivity contribution in [2.24, 2.45) is 0 Å². The van der Waals surface area contributed by atoms with Gasteiger partial charge in [-0.25, -0.2) is 4.98 Å². The van der Waals surface area contributed by atoms with Crippen LogP contribution in [0.15, 0.2) is 6.20 Å². The van der Waals surface area contributed by atoms with Crippen molar-refractivity contribution >= 4 is 29.1 Å². The summed E-state index contributed by atoms with van der Waals surface area (Å²) in [6, 6.07) is 0.304. The molecular weight excluding hydrogens is 368 g/mol. The SMILES string of the molecule is COC1CCCC(n2nc3c(c2C)Nc2ncc(Cl)c(n2)NCCCO3)C1. The van der Waals surface area contributed by atoms with E-state index in [9.17, 15) is 0 Å². The lowest BCUT2D eigenvalue weighted by molar-refractivity contribution is 0.0501. The lowest BCUT2D eigenvalue weighted by Gasteiger charge is -2.29. The van der Waals surface area contributed by atoms with E-state index >= 15 is 0 Å². The van der Waals surface area contributed by atoms with Crippen LogP contribution in [-0.2, 0) is 4.74 Å². The molecule has 2 aromatic heterocycles. The van der Waals surface area contributed by atoms with Gasteiger partial charge < -0.3 is 20.1 Å². The molecule has 2 bridgehead atoms. The average Bonchev–Trinajstić information content (AvgIpc) is 2.98. The molecule has 0 aromatic carbocycles. The number of hydrogen-bond donors (Lipinski definition) is 2. The zero-order valence-electron chi connectivity index (χ0n) is 15.7. The van der Waals surface area contributed by atoms with Crippen LogP contribution in [0.3, 0.4) is 0 Å². The summed E-state index contributed by atoms with van der Waals surface area (Å²) in [6.45, 7) is 3.32. The molecule has 0 amide bonds. The van der Waals surface area contributed by atoms with Crippen molar-refractivity contribution in [3.05, 3.63) is 16.9 Å². The van der Waals surface area contributed by atoms with Crippen LogP contribution in [0.25, 0.3) is 0 Å². The van der Waals surface area contributed by atoms with Crippen LogP contribution in [0.5, 0.6) is 5.88 Å². The van der Waals surface area contributed by atoms with Crippen LogP contribution in [0.2, 0.25) is 5.02 Å². The molecule has 27 heavy (non-hydrogen) atoms. The van der Waals surface area contributed by atoms with E-state index in [-0.39, 0.29) is 6.10 Å². The molecule has 2 N–H and O–H groups in total. The van der Waals surface area contributed by atoms with Gasteiger partial charge >= 0.3 is 0 Å². The molecule has 0 saturated heterocycles. The third kappa shape index (κ3) is 3.82. The van der Waals surface area contributed by atoms with Gasteiger partial charge in [-0.05, 0) is 39.0 Å². The Hall–Kier alpha value is -2.06. The van der Waals surface area contributed by atoms with Crippen molar-refractivity contribution in [2.75, 3.05) is 30.9 Å². The smallest absolute Gasteiger partial charge is 0.257 e. The number of halogens is 1. The van der Waals surface area contributed by atoms with E-state index in [0.717, 1.165) is 43.5 Å². The number of hydrogen-bond acceptors (Lipinski definition) is 7. The second-order valence-corrected chi connectivity index (χ2v) is 7.44. The van der Waals surface area contributed by atoms with Gasteiger partial charge in [0.05, 0.1) is 30.6 Å². The molecule has 1 saturated carbocycles. The summed E-state index contributed by atoms with van der Waals surface area (Å²) in [5.74, 6) is 1.68. The predicted molar refractivity (Wildman–Crippen MR) is 104 cm³/mol. The standard InChI is InChI=1S/C18H25ClN6O2/c1-11-15-17(24-25(11)12-5-3-6-13(9-12)26-2)27-8-4-7-20-16-14(19)10-21-18(22-15)23-16/h10,12-13H,3-9H2,1-2H3,(H2,20,21,22,23). The number of nitrogens with zero attached hydrogens (tertiary/aromatic N) is 4. The molecule has 0 spiro atoms. The Morgan fingerprint density at radius 1 is 1.33 bits per heavy atom. The number of fused-ring (bicyclic) bond motifs is 3. The number of anilines is 3. The van der Waals surface area contributed by atoms with Gasteiger partial charge in [0.1, 0.15) is 10.7 Å². The van der Waals surface area contributed by atoms with Gasteiger partial charge in [0, 0.05) is 13.7 Å². The van der Waals surface area contributed by atoms with Crippen LogP contribution < -0.4 is 15.4 Å². The normalized spacial score (nSPS) is 22.6. The van der Waals surface area contributed by atoms with Gasteiger partial charge in [-0.15, -0.1) is 5.10 Å². The van der Waals surface area contributed by atoms with Gasteiger partial charge in [0.25, 0.3) is 5.88 Å². The third-order valence-electron chi connectivity index (χ3n) is 5.23. The Morgan fingerprint density at radius 2 is 2.22 bits per heavy atom. The third-order valence-corrected chi connectivity index (χ3v) is 5.51. The molecule has 2 atom stereocenters. The lowest BCUT2D eigenvalue weighted by atomic mass is 9.93. The van der Waals surface area contributed by atoms with E-state index in [1.165, 1.54) is 0 Å². The Balaban J connectivity index is 1.68. The van der Waals surface area contributed by atoms with Gasteiger partial charge in [0.2, 0.25) is 5.95 Å². The fourth-order valence-electron chi connectivity index (χ4n) is 3.76. The number of nitrogens with one attached hydrogen (secondary N) is 2. The monoisotopic (exact) mass is 392 g/mol. The Morgan fingerprint density at radius 3 is 3.07 bits per heavy atom. The maximum atomic E-state index is 6.18. The highest BCUT2D eigenvalue weighted by Gasteiger charge is 2.28. The summed E-state index contributed by atoms with van der Waals surface area (Å²) in [5, 5.41) is 11.8. The minimum atomic E-state index is 0.284. The summed E-state index contributed by atoms with van der Waals surface area (Å²) in [5.41, 5.74) is 1.82. The van der Waals surface area contributed by atoms with Crippen molar-refractivity contribution in [1.29, 1.82) is 0 Å². The highest BCUT2D eigenvalue weighted by atomic mass is 35.5. The fraction of sp³-hybridized carbons (Fsp3) is 0.611. The Kier molecular flexibility index (Phi) is 5.36. The molecule has 1 aliphatic carbocycles. The molecule has 8 nitrogen and oxygen atoms in total. The van der Waals surface area contributed by atoms with Gasteiger partial charge in [-0.3, -0.25) is 4.68 Å². The molecule has 3 heterocycles. The molecule has 146 valence electrons. The second-order valence-electron chi connectivity index (χ2n) is 7.03. The highest BCUT2D eigenvalue weighted by Crippen LogP contribution is 2.37. The number of aromatic nitrogens is 4. The summed E-state index contributed by atoms with van der Waals surface area (Å²) < 4.78 is 13.6. The Labute approximate surface area is 163 Å². The van der Waals surface area contributed by atoms with Crippen molar-refractivity contribution in [1.82, 2.24) is 19.7 Å². The minimum absolute atomic E-state index is 0.284. The van der Waals surface area contributed by atoms with E-state index in [1.807, 2.05) is 6.92 Å². The van der Waals surface area contributed by atoms with Crippen LogP contribution in [0.4, 0.5) is 17.5 Å². The largest absolute Gasteiger partial charge is 0.475 e. The fourth-order valence-corrected chi connectivity index (χ4v) is 3.92. The van der Waals surface area contributed by atoms with E-state index in [2.05, 4.69) is 25.3 Å². The van der Waals surface area contributed by atoms with Crippen molar-refractivity contribution in [2.45, 2.75) is 51.2 Å². The van der Waals surface area contributed by atoms with E-state index < -0.39 is 0 Å². The number of rotatable bonds is 2. The first-order chi connectivity index (χ1) is 13.2. The van der Waals surface area contributed by atoms with Crippen LogP contribution >= 0.6 is 11.6 Å². The first-order valence-corrected chi connectivity index (χ1v) is 9.81. The molecule has 2 unspecified atom stereocenters. The topological polar surface area (TPSA) is 86.1 Å². The van der Waals surface area contributed by atoms with Gasteiger partial charge in [0.15, 0.2) is 5.82 Å². The maximum absolute atomic E-state index is 6.18. The van der Waals surface area contributed by atoms with Gasteiger partial charge in [-0.2, -0.15) is 4.98 Å². The number of methoxy groups -OCH3 is 1. The highest BCUT2D eigenvalue weighted by molar-refractivity contribution is 6.32. The lowest BCUT2D eigenvalue weighted by Crippen LogP contribution is -2.25. The maximum Gasteiger partial charge on any atom is 0.257 e. The van der Waals surface area contributed by atoms with E-state index in [1.54, 1.807) is 13.3 Å². The first kappa shape index (κ1) is 18.3.